The minimum absolute atomic E-state index is 0.00943. The van der Waals surface area contributed by atoms with Crippen molar-refractivity contribution in [3.63, 3.8) is 0 Å². The van der Waals surface area contributed by atoms with Gasteiger partial charge in [-0.15, -0.1) is 0 Å². The van der Waals surface area contributed by atoms with Crippen LogP contribution in [0, 0.1) is 0 Å². The topological polar surface area (TPSA) is 97.9 Å². The van der Waals surface area contributed by atoms with Crippen LogP contribution in [0.1, 0.15) is 5.69 Å². The average molecular weight is 251 g/mol. The van der Waals surface area contributed by atoms with Crippen molar-refractivity contribution in [1.82, 2.24) is 9.55 Å². The van der Waals surface area contributed by atoms with Gasteiger partial charge in [-0.2, -0.15) is 13.2 Å². The van der Waals surface area contributed by atoms with Crippen LogP contribution in [0.15, 0.2) is 15.7 Å². The fourth-order valence-corrected chi connectivity index (χ4v) is 1.18. The Morgan fingerprint density at radius 1 is 1.41 bits per heavy atom. The van der Waals surface area contributed by atoms with Gasteiger partial charge in [0.1, 0.15) is 6.54 Å². The normalized spacial score (nSPS) is 11.5. The molecule has 0 saturated heterocycles. The number of nitrogens with one attached hydrogen (secondary N) is 1. The quantitative estimate of drug-likeness (QED) is 0.730. The van der Waals surface area contributed by atoms with Gasteiger partial charge in [-0.1, -0.05) is 0 Å². The molecule has 0 aromatic carbocycles. The van der Waals surface area contributed by atoms with Crippen molar-refractivity contribution < 1.29 is 18.0 Å². The zero-order chi connectivity index (χ0) is 13.2. The number of nitrogens with zero attached hydrogens (tertiary/aromatic N) is 1. The number of amides is 1. The minimum atomic E-state index is -4.68. The molecule has 0 unspecified atom stereocenters. The third-order valence-corrected chi connectivity index (χ3v) is 1.78. The Morgan fingerprint density at radius 3 is 2.41 bits per heavy atom. The van der Waals surface area contributed by atoms with E-state index in [1.165, 1.54) is 0 Å². The monoisotopic (exact) mass is 251 g/mol. The Kier molecular flexibility index (Phi) is 3.39. The third kappa shape index (κ3) is 3.78. The second-order valence-electron chi connectivity index (χ2n) is 3.28. The maximum Gasteiger partial charge on any atom is 0.406 e. The first-order valence-electron chi connectivity index (χ1n) is 4.37. The molecule has 0 saturated carbocycles. The lowest BCUT2D eigenvalue weighted by Crippen LogP contribution is -2.40. The van der Waals surface area contributed by atoms with E-state index in [0.29, 0.717) is 0 Å². The van der Waals surface area contributed by atoms with Gasteiger partial charge in [0, 0.05) is 11.8 Å². The molecule has 1 aromatic heterocycles. The summed E-state index contributed by atoms with van der Waals surface area (Å²) in [5, 5.41) is 0. The summed E-state index contributed by atoms with van der Waals surface area (Å²) in [5.74, 6) is -0.811. The zero-order valence-corrected chi connectivity index (χ0v) is 8.37. The molecular weight excluding hydrogens is 243 g/mol. The molecule has 0 atom stereocenters. The van der Waals surface area contributed by atoms with E-state index in [0.717, 1.165) is 6.07 Å². The molecule has 17 heavy (non-hydrogen) atoms. The van der Waals surface area contributed by atoms with Crippen molar-refractivity contribution in [1.29, 1.82) is 0 Å². The first-order chi connectivity index (χ1) is 7.69. The molecule has 0 aliphatic carbocycles. The van der Waals surface area contributed by atoms with E-state index in [9.17, 15) is 27.6 Å². The summed E-state index contributed by atoms with van der Waals surface area (Å²) in [5.41, 5.74) is 2.33. The van der Waals surface area contributed by atoms with Gasteiger partial charge in [-0.25, -0.2) is 4.79 Å². The number of hydrogen-bond acceptors (Lipinski definition) is 3. The molecule has 0 fully saturated rings. The lowest BCUT2D eigenvalue weighted by atomic mass is 10.3. The zero-order valence-electron chi connectivity index (χ0n) is 8.37. The summed E-state index contributed by atoms with van der Waals surface area (Å²) in [6.07, 6.45) is -5.10. The van der Waals surface area contributed by atoms with Crippen LogP contribution < -0.4 is 17.0 Å². The molecule has 1 heterocycles. The van der Waals surface area contributed by atoms with E-state index < -0.39 is 36.3 Å². The fourth-order valence-electron chi connectivity index (χ4n) is 1.18. The molecule has 0 spiro atoms. The average Bonchev–Trinajstić information content (AvgIpc) is 2.08. The highest BCUT2D eigenvalue weighted by Crippen LogP contribution is 2.15. The van der Waals surface area contributed by atoms with Gasteiger partial charge in [0.25, 0.3) is 5.56 Å². The maximum absolute atomic E-state index is 12.0. The highest BCUT2D eigenvalue weighted by Gasteiger charge is 2.29. The summed E-state index contributed by atoms with van der Waals surface area (Å²) >= 11 is 0. The highest BCUT2D eigenvalue weighted by molar-refractivity contribution is 5.75. The van der Waals surface area contributed by atoms with Crippen LogP contribution in [0.25, 0.3) is 0 Å². The van der Waals surface area contributed by atoms with Crippen molar-refractivity contribution in [3.8, 4) is 0 Å². The van der Waals surface area contributed by atoms with Gasteiger partial charge < -0.3 is 10.7 Å². The molecule has 0 bridgehead atoms. The van der Waals surface area contributed by atoms with Crippen LogP contribution in [0.3, 0.4) is 0 Å². The standard InChI is InChI=1S/C8H8F3N3O3/c9-8(10,11)3-14-6(16)2-4(1-5(12)15)13-7(14)17/h2H,1,3H2,(H2,12,15)(H,13,17). The van der Waals surface area contributed by atoms with Gasteiger partial charge in [0.15, 0.2) is 0 Å². The van der Waals surface area contributed by atoms with E-state index in [1.54, 1.807) is 0 Å². The van der Waals surface area contributed by atoms with Gasteiger partial charge in [0.2, 0.25) is 5.91 Å². The van der Waals surface area contributed by atoms with Crippen LogP contribution >= 0.6 is 0 Å². The molecule has 0 radical (unpaired) electrons. The molecule has 1 rings (SSSR count). The van der Waals surface area contributed by atoms with Crippen LogP contribution in [0.5, 0.6) is 0 Å². The Balaban J connectivity index is 3.16. The van der Waals surface area contributed by atoms with Crippen molar-refractivity contribution >= 4 is 5.91 Å². The highest BCUT2D eigenvalue weighted by atomic mass is 19.4. The SMILES string of the molecule is NC(=O)Cc1cc(=O)n(CC(F)(F)F)c(=O)[nH]1. The van der Waals surface area contributed by atoms with E-state index in [2.05, 4.69) is 0 Å². The molecule has 94 valence electrons. The Hall–Kier alpha value is -2.06. The van der Waals surface area contributed by atoms with Crippen LogP contribution in [0.4, 0.5) is 13.2 Å². The van der Waals surface area contributed by atoms with Crippen molar-refractivity contribution in [2.24, 2.45) is 5.73 Å². The largest absolute Gasteiger partial charge is 0.406 e. The van der Waals surface area contributed by atoms with Gasteiger partial charge in [0.05, 0.1) is 6.42 Å². The van der Waals surface area contributed by atoms with E-state index in [4.69, 9.17) is 5.73 Å². The third-order valence-electron chi connectivity index (χ3n) is 1.78. The fraction of sp³-hybridized carbons (Fsp3) is 0.375. The van der Waals surface area contributed by atoms with Crippen molar-refractivity contribution in [2.75, 3.05) is 0 Å². The predicted molar refractivity (Wildman–Crippen MR) is 50.3 cm³/mol. The Labute approximate surface area is 91.9 Å². The molecule has 3 N–H and O–H groups in total. The summed E-state index contributed by atoms with van der Waals surface area (Å²) in [7, 11) is 0. The summed E-state index contributed by atoms with van der Waals surface area (Å²) in [4.78, 5) is 34.9. The number of H-pyrrole nitrogens is 1. The Bertz CT molecular complexity index is 512. The molecule has 1 aromatic rings. The second kappa shape index (κ2) is 4.44. The molecule has 0 aliphatic rings. The van der Waals surface area contributed by atoms with Crippen LogP contribution in [0.2, 0.25) is 0 Å². The molecular formula is C8H8F3N3O3. The molecule has 0 aliphatic heterocycles. The maximum atomic E-state index is 12.0. The van der Waals surface area contributed by atoms with Gasteiger partial charge in [-0.3, -0.25) is 14.2 Å². The van der Waals surface area contributed by atoms with Crippen molar-refractivity contribution in [3.05, 3.63) is 32.6 Å². The molecule has 1 amide bonds. The number of nitrogens with two attached hydrogens (primary N) is 1. The number of aromatic nitrogens is 2. The van der Waals surface area contributed by atoms with Gasteiger partial charge >= 0.3 is 11.9 Å². The first kappa shape index (κ1) is 13.0. The summed E-state index contributed by atoms with van der Waals surface area (Å²) in [6.45, 7) is -1.68. The van der Waals surface area contributed by atoms with E-state index in [-0.39, 0.29) is 10.3 Å². The smallest absolute Gasteiger partial charge is 0.369 e. The van der Waals surface area contributed by atoms with E-state index in [1.807, 2.05) is 4.98 Å². The number of halogens is 3. The minimum Gasteiger partial charge on any atom is -0.369 e. The number of carbonyl (C=O) groups is 1. The van der Waals surface area contributed by atoms with Crippen molar-refractivity contribution in [2.45, 2.75) is 19.1 Å². The number of carbonyl (C=O) groups excluding carboxylic acids is 1. The lowest BCUT2D eigenvalue weighted by Gasteiger charge is -2.08. The molecule has 6 nitrogen and oxygen atoms in total. The lowest BCUT2D eigenvalue weighted by molar-refractivity contribution is -0.142. The van der Waals surface area contributed by atoms with E-state index >= 15 is 0 Å². The molecule has 9 heteroatoms. The Morgan fingerprint density at radius 2 is 2.00 bits per heavy atom. The van der Waals surface area contributed by atoms with Gasteiger partial charge in [-0.05, 0) is 0 Å². The van der Waals surface area contributed by atoms with Crippen LogP contribution in [-0.2, 0) is 17.8 Å². The number of aromatic amines is 1. The summed E-state index contributed by atoms with van der Waals surface area (Å²) in [6, 6.07) is 0.734. The second-order valence-corrected chi connectivity index (χ2v) is 3.28. The number of rotatable bonds is 3. The summed E-state index contributed by atoms with van der Waals surface area (Å²) < 4.78 is 36.1. The number of primary amides is 1. The first-order valence-corrected chi connectivity index (χ1v) is 4.37. The van der Waals surface area contributed by atoms with Crippen LogP contribution in [-0.4, -0.2) is 21.6 Å². The predicted octanol–water partition coefficient (Wildman–Crippen LogP) is -0.873. The number of hydrogen-bond donors (Lipinski definition) is 2. The number of alkyl halides is 3.